The quantitative estimate of drug-likeness (QED) is 0.767. The summed E-state index contributed by atoms with van der Waals surface area (Å²) >= 11 is 0. The molecule has 3 aromatic rings. The molecule has 8 heteroatoms. The molecule has 4 heterocycles. The van der Waals surface area contributed by atoms with Crippen LogP contribution in [-0.4, -0.2) is 48.9 Å². The molecule has 8 nitrogen and oxygen atoms in total. The highest BCUT2D eigenvalue weighted by atomic mass is 16.5. The van der Waals surface area contributed by atoms with Gasteiger partial charge in [0.05, 0.1) is 24.9 Å². The van der Waals surface area contributed by atoms with E-state index in [9.17, 15) is 4.79 Å². The molecule has 0 aliphatic carbocycles. The van der Waals surface area contributed by atoms with Crippen molar-refractivity contribution in [2.75, 3.05) is 13.2 Å². The van der Waals surface area contributed by atoms with Crippen LogP contribution in [0.25, 0.3) is 16.8 Å². The summed E-state index contributed by atoms with van der Waals surface area (Å²) in [4.78, 5) is 11.0. The van der Waals surface area contributed by atoms with Crippen molar-refractivity contribution in [2.45, 2.75) is 6.04 Å². The summed E-state index contributed by atoms with van der Waals surface area (Å²) in [5.74, 6) is -1.09. The molecule has 0 unspecified atom stereocenters. The van der Waals surface area contributed by atoms with Crippen molar-refractivity contribution < 1.29 is 14.6 Å². The topological polar surface area (TPSA) is 94.5 Å². The van der Waals surface area contributed by atoms with Crippen molar-refractivity contribution >= 4 is 11.5 Å². The molecule has 0 atom stereocenters. The monoisotopic (exact) mass is 285 g/mol. The van der Waals surface area contributed by atoms with Crippen LogP contribution in [0.1, 0.15) is 16.5 Å². The molecule has 0 bridgehead atoms. The Morgan fingerprint density at radius 2 is 2.19 bits per heavy atom. The van der Waals surface area contributed by atoms with E-state index in [-0.39, 0.29) is 5.69 Å². The zero-order valence-electron chi connectivity index (χ0n) is 10.9. The second-order valence-electron chi connectivity index (χ2n) is 4.86. The molecular weight excluding hydrogens is 274 g/mol. The van der Waals surface area contributed by atoms with E-state index in [1.54, 1.807) is 12.3 Å². The second-order valence-corrected chi connectivity index (χ2v) is 4.86. The summed E-state index contributed by atoms with van der Waals surface area (Å²) in [5, 5.41) is 21.0. The molecular formula is C13H11N5O3. The van der Waals surface area contributed by atoms with E-state index in [1.807, 2.05) is 23.0 Å². The number of carbonyl (C=O) groups is 1. The van der Waals surface area contributed by atoms with Crippen LogP contribution < -0.4 is 0 Å². The number of rotatable bonds is 3. The number of nitrogens with zero attached hydrogens (tertiary/aromatic N) is 5. The number of aromatic carboxylic acids is 1. The molecule has 0 saturated carbocycles. The van der Waals surface area contributed by atoms with Crippen molar-refractivity contribution in [3.63, 3.8) is 0 Å². The first-order valence-electron chi connectivity index (χ1n) is 6.44. The zero-order valence-corrected chi connectivity index (χ0v) is 10.9. The zero-order chi connectivity index (χ0) is 14.4. The Hall–Kier alpha value is -2.74. The van der Waals surface area contributed by atoms with Gasteiger partial charge in [-0.25, -0.2) is 9.31 Å². The Bertz CT molecular complexity index is 833. The molecule has 1 aliphatic heterocycles. The molecule has 106 valence electrons. The maximum atomic E-state index is 11.0. The van der Waals surface area contributed by atoms with Gasteiger partial charge in [0.25, 0.3) is 0 Å². The molecule has 4 rings (SSSR count). The lowest BCUT2D eigenvalue weighted by Crippen LogP contribution is -2.30. The van der Waals surface area contributed by atoms with Crippen LogP contribution in [0, 0.1) is 0 Å². The number of carboxylic acids is 1. The number of fused-ring (bicyclic) bond motifs is 1. The Kier molecular flexibility index (Phi) is 2.51. The van der Waals surface area contributed by atoms with Crippen molar-refractivity contribution in [1.29, 1.82) is 0 Å². The average Bonchev–Trinajstić information content (AvgIpc) is 3.02. The van der Waals surface area contributed by atoms with Crippen LogP contribution in [0.15, 0.2) is 30.6 Å². The average molecular weight is 285 g/mol. The van der Waals surface area contributed by atoms with Crippen LogP contribution in [0.5, 0.6) is 0 Å². The third kappa shape index (κ3) is 1.88. The summed E-state index contributed by atoms with van der Waals surface area (Å²) in [6, 6.07) is 5.71. The van der Waals surface area contributed by atoms with E-state index in [4.69, 9.17) is 9.84 Å². The van der Waals surface area contributed by atoms with Crippen molar-refractivity contribution in [2.24, 2.45) is 0 Å². The van der Waals surface area contributed by atoms with E-state index >= 15 is 0 Å². The van der Waals surface area contributed by atoms with Crippen LogP contribution in [-0.2, 0) is 4.74 Å². The minimum atomic E-state index is -1.09. The summed E-state index contributed by atoms with van der Waals surface area (Å²) in [5.41, 5.74) is 2.05. The fourth-order valence-electron chi connectivity index (χ4n) is 2.27. The van der Waals surface area contributed by atoms with Gasteiger partial charge in [-0.2, -0.15) is 5.10 Å². The molecule has 21 heavy (non-hydrogen) atoms. The number of pyridine rings is 1. The lowest BCUT2D eigenvalue weighted by molar-refractivity contribution is -0.0285. The first-order chi connectivity index (χ1) is 10.2. The van der Waals surface area contributed by atoms with Gasteiger partial charge in [0, 0.05) is 18.0 Å². The molecule has 1 aliphatic rings. The lowest BCUT2D eigenvalue weighted by Gasteiger charge is -2.25. The van der Waals surface area contributed by atoms with Crippen molar-refractivity contribution in [1.82, 2.24) is 24.6 Å². The smallest absolute Gasteiger partial charge is 0.358 e. The molecule has 0 spiro atoms. The highest BCUT2D eigenvalue weighted by Crippen LogP contribution is 2.22. The number of hydrogen-bond donors (Lipinski definition) is 1. The van der Waals surface area contributed by atoms with E-state index in [2.05, 4.69) is 15.4 Å². The largest absolute Gasteiger partial charge is 0.476 e. The van der Waals surface area contributed by atoms with Crippen LogP contribution in [0.3, 0.4) is 0 Å². The molecule has 1 N–H and O–H groups in total. The Balaban J connectivity index is 1.73. The lowest BCUT2D eigenvalue weighted by atomic mass is 10.2. The molecule has 1 fully saturated rings. The maximum Gasteiger partial charge on any atom is 0.358 e. The number of carboxylic acid groups (broad SMARTS) is 1. The van der Waals surface area contributed by atoms with Gasteiger partial charge in [-0.1, -0.05) is 5.21 Å². The van der Waals surface area contributed by atoms with Gasteiger partial charge in [-0.05, 0) is 18.2 Å². The van der Waals surface area contributed by atoms with Gasteiger partial charge in [0.15, 0.2) is 5.69 Å². The number of hydrogen-bond acceptors (Lipinski definition) is 5. The maximum absolute atomic E-state index is 11.0. The van der Waals surface area contributed by atoms with E-state index in [0.717, 1.165) is 11.3 Å². The van der Waals surface area contributed by atoms with E-state index in [1.165, 1.54) is 4.52 Å². The highest BCUT2D eigenvalue weighted by molar-refractivity contribution is 5.93. The van der Waals surface area contributed by atoms with Gasteiger partial charge >= 0.3 is 5.97 Å². The number of ether oxygens (including phenoxy) is 1. The van der Waals surface area contributed by atoms with Gasteiger partial charge in [-0.15, -0.1) is 5.10 Å². The first kappa shape index (κ1) is 12.0. The first-order valence-corrected chi connectivity index (χ1v) is 6.44. The summed E-state index contributed by atoms with van der Waals surface area (Å²) in [7, 11) is 0. The van der Waals surface area contributed by atoms with E-state index < -0.39 is 5.97 Å². The minimum absolute atomic E-state index is 0.0568. The fourth-order valence-corrected chi connectivity index (χ4v) is 2.27. The Morgan fingerprint density at radius 3 is 2.90 bits per heavy atom. The van der Waals surface area contributed by atoms with Gasteiger partial charge in [0.2, 0.25) is 0 Å². The minimum Gasteiger partial charge on any atom is -0.476 e. The van der Waals surface area contributed by atoms with Crippen LogP contribution in [0.2, 0.25) is 0 Å². The summed E-state index contributed by atoms with van der Waals surface area (Å²) < 4.78 is 8.48. The van der Waals surface area contributed by atoms with Gasteiger partial charge in [0.1, 0.15) is 5.52 Å². The Morgan fingerprint density at radius 1 is 1.33 bits per heavy atom. The summed E-state index contributed by atoms with van der Waals surface area (Å²) in [6.07, 6.45) is 3.63. The van der Waals surface area contributed by atoms with Crippen LogP contribution >= 0.6 is 0 Å². The molecule has 0 aromatic carbocycles. The standard InChI is InChI=1S/C13H11N5O3/c19-13(20)12-11-2-1-8(5-18(11)16-14-12)10-3-4-17(15-10)9-6-21-7-9/h1-5,9H,6-7H2,(H,19,20). The summed E-state index contributed by atoms with van der Waals surface area (Å²) in [6.45, 7) is 1.37. The predicted octanol–water partition coefficient (Wildman–Crippen LogP) is 0.862. The molecule has 1 saturated heterocycles. The molecule has 3 aromatic heterocycles. The highest BCUT2D eigenvalue weighted by Gasteiger charge is 2.21. The molecule has 0 radical (unpaired) electrons. The number of aromatic nitrogens is 5. The second kappa shape index (κ2) is 4.38. The SMILES string of the molecule is O=C(O)c1nnn2cc(-c3ccn(C4COC4)n3)ccc12. The van der Waals surface area contributed by atoms with Gasteiger partial charge < -0.3 is 9.84 Å². The Labute approximate surface area is 118 Å². The fraction of sp³-hybridized carbons (Fsp3) is 0.231. The normalized spacial score (nSPS) is 15.2. The third-order valence-electron chi connectivity index (χ3n) is 3.51. The molecule has 0 amide bonds. The van der Waals surface area contributed by atoms with E-state index in [0.29, 0.717) is 24.8 Å². The predicted molar refractivity (Wildman–Crippen MR) is 71.0 cm³/mol. The van der Waals surface area contributed by atoms with Crippen molar-refractivity contribution in [3.05, 3.63) is 36.3 Å². The third-order valence-corrected chi connectivity index (χ3v) is 3.51. The van der Waals surface area contributed by atoms with Gasteiger partial charge in [-0.3, -0.25) is 4.68 Å². The van der Waals surface area contributed by atoms with Crippen molar-refractivity contribution in [3.8, 4) is 11.3 Å². The van der Waals surface area contributed by atoms with Crippen LogP contribution in [0.4, 0.5) is 0 Å².